The topological polar surface area (TPSA) is 55.6 Å². The smallest absolute Gasteiger partial charge is 0.410 e. The van der Waals surface area contributed by atoms with E-state index >= 15 is 0 Å². The van der Waals surface area contributed by atoms with Crippen LogP contribution in [0.3, 0.4) is 0 Å². The van der Waals surface area contributed by atoms with Crippen LogP contribution in [-0.4, -0.2) is 36.2 Å². The van der Waals surface area contributed by atoms with E-state index in [0.717, 1.165) is 30.7 Å². The van der Waals surface area contributed by atoms with Crippen molar-refractivity contribution in [3.05, 3.63) is 34.9 Å². The number of cyclic esters (lactones) is 1. The predicted molar refractivity (Wildman–Crippen MR) is 94.3 cm³/mol. The molecule has 2 aliphatic rings. The molecule has 1 aromatic carbocycles. The van der Waals surface area contributed by atoms with Crippen LogP contribution in [-0.2, 0) is 10.2 Å². The highest BCUT2D eigenvalue weighted by molar-refractivity contribution is 6.30. The third-order valence-electron chi connectivity index (χ3n) is 5.17. The van der Waals surface area contributed by atoms with Crippen LogP contribution in [0.4, 0.5) is 4.79 Å². The van der Waals surface area contributed by atoms with Gasteiger partial charge in [-0.1, -0.05) is 23.7 Å². The lowest BCUT2D eigenvalue weighted by atomic mass is 9.68. The van der Waals surface area contributed by atoms with Gasteiger partial charge in [0.15, 0.2) is 0 Å². The highest BCUT2D eigenvalue weighted by Gasteiger charge is 2.41. The normalized spacial score (nSPS) is 30.7. The van der Waals surface area contributed by atoms with Gasteiger partial charge in [0.2, 0.25) is 0 Å². The Morgan fingerprint density at radius 2 is 2.09 bits per heavy atom. The molecule has 2 N–H and O–H groups in total. The molecule has 23 heavy (non-hydrogen) atoms. The number of hydrogen-bond acceptors (Lipinski definition) is 3. The second-order valence-electron chi connectivity index (χ2n) is 6.57. The Morgan fingerprint density at radius 1 is 1.39 bits per heavy atom. The third-order valence-corrected chi connectivity index (χ3v) is 5.41. The summed E-state index contributed by atoms with van der Waals surface area (Å²) < 4.78 is 5.25. The van der Waals surface area contributed by atoms with Crippen molar-refractivity contribution in [2.45, 2.75) is 50.2 Å². The second kappa shape index (κ2) is 7.29. The van der Waals surface area contributed by atoms with Crippen LogP contribution < -0.4 is 5.73 Å². The zero-order chi connectivity index (χ0) is 15.7. The Labute approximate surface area is 148 Å². The van der Waals surface area contributed by atoms with Gasteiger partial charge in [0.05, 0.1) is 6.54 Å². The number of nitrogens with zero attached hydrogens (tertiary/aromatic N) is 1. The zero-order valence-corrected chi connectivity index (χ0v) is 14.9. The SMILES string of the molecule is C[C@H]1CN([C@H]2CC[C@](CN)(c3cccc(Cl)c3)CC2)C(=O)O1.Cl. The monoisotopic (exact) mass is 358 g/mol. The van der Waals surface area contributed by atoms with Gasteiger partial charge in [-0.15, -0.1) is 12.4 Å². The first-order valence-corrected chi connectivity index (χ1v) is 8.35. The Morgan fingerprint density at radius 3 is 2.61 bits per heavy atom. The number of benzene rings is 1. The van der Waals surface area contributed by atoms with Gasteiger partial charge in [0.1, 0.15) is 6.10 Å². The molecule has 0 spiro atoms. The van der Waals surface area contributed by atoms with E-state index < -0.39 is 0 Å². The molecular weight excluding hydrogens is 335 g/mol. The molecule has 0 aromatic heterocycles. The quantitative estimate of drug-likeness (QED) is 0.895. The first kappa shape index (κ1) is 18.4. The van der Waals surface area contributed by atoms with Gasteiger partial charge in [-0.3, -0.25) is 0 Å². The van der Waals surface area contributed by atoms with E-state index in [9.17, 15) is 4.79 Å². The highest BCUT2D eigenvalue weighted by Crippen LogP contribution is 2.41. The minimum absolute atomic E-state index is 0. The number of ether oxygens (including phenoxy) is 1. The van der Waals surface area contributed by atoms with Crippen LogP contribution in [0.2, 0.25) is 5.02 Å². The summed E-state index contributed by atoms with van der Waals surface area (Å²) in [6, 6.07) is 8.30. The molecule has 1 heterocycles. The van der Waals surface area contributed by atoms with E-state index in [0.29, 0.717) is 13.1 Å². The van der Waals surface area contributed by atoms with Gasteiger partial charge in [0, 0.05) is 23.0 Å². The molecule has 1 aromatic rings. The fourth-order valence-electron chi connectivity index (χ4n) is 3.82. The summed E-state index contributed by atoms with van der Waals surface area (Å²) in [7, 11) is 0. The molecule has 0 unspecified atom stereocenters. The standard InChI is InChI=1S/C17H23ClN2O2.ClH/c1-12-10-20(16(21)22-12)15-5-7-17(11-19,8-6-15)13-3-2-4-14(18)9-13;/h2-4,9,12,15H,5-8,10-11,19H2,1H3;1H/t12-,15-,17-;/m0./s1. The molecule has 1 saturated carbocycles. The van der Waals surface area contributed by atoms with Crippen LogP contribution in [0.5, 0.6) is 0 Å². The van der Waals surface area contributed by atoms with Gasteiger partial charge in [0.25, 0.3) is 0 Å². The van der Waals surface area contributed by atoms with Crippen molar-refractivity contribution in [3.63, 3.8) is 0 Å². The predicted octanol–water partition coefficient (Wildman–Crippen LogP) is 3.74. The third kappa shape index (κ3) is 3.59. The fourth-order valence-corrected chi connectivity index (χ4v) is 4.01. The van der Waals surface area contributed by atoms with Crippen molar-refractivity contribution in [2.24, 2.45) is 5.73 Å². The second-order valence-corrected chi connectivity index (χ2v) is 7.01. The molecule has 6 heteroatoms. The van der Waals surface area contributed by atoms with Crippen molar-refractivity contribution >= 4 is 30.1 Å². The molecule has 1 saturated heterocycles. The number of amides is 1. The number of carbonyl (C=O) groups is 1. The maximum absolute atomic E-state index is 11.9. The summed E-state index contributed by atoms with van der Waals surface area (Å²) in [6.45, 7) is 3.26. The van der Waals surface area contributed by atoms with Crippen molar-refractivity contribution in [1.29, 1.82) is 0 Å². The number of rotatable bonds is 3. The first-order chi connectivity index (χ1) is 10.5. The average molecular weight is 359 g/mol. The Balaban J connectivity index is 0.00000192. The molecule has 1 amide bonds. The Hall–Kier alpha value is -0.970. The van der Waals surface area contributed by atoms with Gasteiger partial charge >= 0.3 is 6.09 Å². The molecule has 0 bridgehead atoms. The molecule has 1 aliphatic carbocycles. The van der Waals surface area contributed by atoms with Gasteiger partial charge in [-0.25, -0.2) is 4.79 Å². The van der Waals surface area contributed by atoms with Gasteiger partial charge in [-0.05, 0) is 50.3 Å². The van der Waals surface area contributed by atoms with E-state index in [1.165, 1.54) is 5.56 Å². The van der Waals surface area contributed by atoms with Crippen LogP contribution in [0.15, 0.2) is 24.3 Å². The fraction of sp³-hybridized carbons (Fsp3) is 0.588. The Bertz CT molecular complexity index is 559. The lowest BCUT2D eigenvalue weighted by Crippen LogP contribution is -2.46. The maximum atomic E-state index is 11.9. The number of carbonyl (C=O) groups excluding carboxylic acids is 1. The zero-order valence-electron chi connectivity index (χ0n) is 13.3. The molecule has 1 aliphatic heterocycles. The van der Waals surface area contributed by atoms with Crippen molar-refractivity contribution < 1.29 is 9.53 Å². The largest absolute Gasteiger partial charge is 0.444 e. The summed E-state index contributed by atoms with van der Waals surface area (Å²) >= 11 is 6.14. The molecule has 128 valence electrons. The average Bonchev–Trinajstić information content (AvgIpc) is 2.86. The minimum Gasteiger partial charge on any atom is -0.444 e. The summed E-state index contributed by atoms with van der Waals surface area (Å²) in [6.07, 6.45) is 3.72. The lowest BCUT2D eigenvalue weighted by Gasteiger charge is -2.42. The molecule has 3 rings (SSSR count). The molecule has 1 atom stereocenters. The molecule has 0 radical (unpaired) electrons. The van der Waals surface area contributed by atoms with Crippen LogP contribution >= 0.6 is 24.0 Å². The van der Waals surface area contributed by atoms with E-state index in [1.54, 1.807) is 0 Å². The van der Waals surface area contributed by atoms with E-state index in [4.69, 9.17) is 22.1 Å². The number of hydrogen-bond donors (Lipinski definition) is 1. The van der Waals surface area contributed by atoms with Gasteiger partial charge in [-0.2, -0.15) is 0 Å². The van der Waals surface area contributed by atoms with Crippen molar-refractivity contribution in [1.82, 2.24) is 4.90 Å². The van der Waals surface area contributed by atoms with E-state index in [-0.39, 0.29) is 36.1 Å². The number of nitrogens with two attached hydrogens (primary N) is 1. The molecule has 2 fully saturated rings. The van der Waals surface area contributed by atoms with Gasteiger partial charge < -0.3 is 15.4 Å². The summed E-state index contributed by atoms with van der Waals surface area (Å²) in [4.78, 5) is 13.8. The van der Waals surface area contributed by atoms with Crippen LogP contribution in [0, 0.1) is 0 Å². The summed E-state index contributed by atoms with van der Waals surface area (Å²) in [5.74, 6) is 0. The lowest BCUT2D eigenvalue weighted by molar-refractivity contribution is 0.120. The maximum Gasteiger partial charge on any atom is 0.410 e. The number of halogens is 2. The Kier molecular flexibility index (Phi) is 5.82. The first-order valence-electron chi connectivity index (χ1n) is 7.97. The summed E-state index contributed by atoms with van der Waals surface area (Å²) in [5, 5.41) is 0.754. The van der Waals surface area contributed by atoms with Crippen molar-refractivity contribution in [3.8, 4) is 0 Å². The molecule has 4 nitrogen and oxygen atoms in total. The molecular formula is C17H24Cl2N2O2. The van der Waals surface area contributed by atoms with Crippen LogP contribution in [0.1, 0.15) is 38.2 Å². The van der Waals surface area contributed by atoms with E-state index in [2.05, 4.69) is 6.07 Å². The van der Waals surface area contributed by atoms with Crippen molar-refractivity contribution in [2.75, 3.05) is 13.1 Å². The highest BCUT2D eigenvalue weighted by atomic mass is 35.5. The summed E-state index contributed by atoms with van der Waals surface area (Å²) in [5.41, 5.74) is 7.32. The van der Waals surface area contributed by atoms with Crippen LogP contribution in [0.25, 0.3) is 0 Å². The van der Waals surface area contributed by atoms with E-state index in [1.807, 2.05) is 30.0 Å². The minimum atomic E-state index is -0.166.